The fourth-order valence-electron chi connectivity index (χ4n) is 4.72. The van der Waals surface area contributed by atoms with E-state index in [0.29, 0.717) is 71.6 Å². The monoisotopic (exact) mass is 492 g/mol. The first kappa shape index (κ1) is 25.2. The van der Waals surface area contributed by atoms with Crippen LogP contribution in [0.1, 0.15) is 80.0 Å². The highest BCUT2D eigenvalue weighted by Crippen LogP contribution is 2.38. The van der Waals surface area contributed by atoms with Crippen LogP contribution >= 0.6 is 0 Å². The lowest BCUT2D eigenvalue weighted by Crippen LogP contribution is -2.43. The predicted molar refractivity (Wildman–Crippen MR) is 131 cm³/mol. The van der Waals surface area contributed by atoms with E-state index in [2.05, 4.69) is 6.58 Å². The summed E-state index contributed by atoms with van der Waals surface area (Å²) >= 11 is 0. The van der Waals surface area contributed by atoms with Crippen LogP contribution in [0.2, 0.25) is 0 Å². The summed E-state index contributed by atoms with van der Waals surface area (Å²) in [6.45, 7) is 4.07. The van der Waals surface area contributed by atoms with Crippen molar-refractivity contribution in [3.63, 3.8) is 0 Å². The Labute approximate surface area is 208 Å². The number of benzene rings is 2. The second-order valence-corrected chi connectivity index (χ2v) is 8.81. The van der Waals surface area contributed by atoms with Crippen LogP contribution in [0.5, 0.6) is 0 Å². The minimum absolute atomic E-state index is 0.0554. The Morgan fingerprint density at radius 3 is 1.53 bits per heavy atom. The molecule has 0 bridgehead atoms. The third-order valence-corrected chi connectivity index (χ3v) is 6.54. The molecule has 188 valence electrons. The van der Waals surface area contributed by atoms with Gasteiger partial charge in [-0.05, 0) is 62.8 Å². The van der Waals surface area contributed by atoms with Crippen LogP contribution in [0.4, 0.5) is 0 Å². The standard InChI is InChI=1S/C27H28N2O7/c1-2-21(31)36-16-8-4-6-14-29-26(34)19-11-9-17-22-18(10-12-20(23(19)22)27(29)35)25(33)28(24(17)32)13-5-3-7-15-30/h2,9-12,30H,1,3-8,13-16H2. The van der Waals surface area contributed by atoms with Crippen LogP contribution in [0.25, 0.3) is 10.8 Å². The van der Waals surface area contributed by atoms with Gasteiger partial charge in [0.2, 0.25) is 0 Å². The first-order valence-electron chi connectivity index (χ1n) is 12.1. The van der Waals surface area contributed by atoms with E-state index >= 15 is 0 Å². The fraction of sp³-hybridized carbons (Fsp3) is 0.370. The molecule has 0 atom stereocenters. The van der Waals surface area contributed by atoms with E-state index in [4.69, 9.17) is 9.84 Å². The highest BCUT2D eigenvalue weighted by molar-refractivity contribution is 6.33. The summed E-state index contributed by atoms with van der Waals surface area (Å²) in [4.78, 5) is 66.3. The first-order chi connectivity index (χ1) is 17.4. The topological polar surface area (TPSA) is 121 Å². The molecule has 36 heavy (non-hydrogen) atoms. The van der Waals surface area contributed by atoms with Crippen molar-refractivity contribution in [1.29, 1.82) is 0 Å². The number of hydrogen-bond acceptors (Lipinski definition) is 7. The number of esters is 1. The Morgan fingerprint density at radius 2 is 1.14 bits per heavy atom. The molecule has 0 aromatic heterocycles. The summed E-state index contributed by atoms with van der Waals surface area (Å²) in [6.07, 6.45) is 4.74. The predicted octanol–water partition coefficient (Wildman–Crippen LogP) is 3.09. The number of carbonyl (C=O) groups is 5. The van der Waals surface area contributed by atoms with Gasteiger partial charge in [-0.2, -0.15) is 0 Å². The van der Waals surface area contributed by atoms with Crippen molar-refractivity contribution >= 4 is 40.4 Å². The molecule has 0 radical (unpaired) electrons. The molecule has 9 heteroatoms. The Hall–Kier alpha value is -3.85. The number of aliphatic hydroxyl groups is 1. The van der Waals surface area contributed by atoms with Gasteiger partial charge in [0, 0.05) is 58.8 Å². The molecule has 0 aliphatic carbocycles. The zero-order chi connectivity index (χ0) is 25.8. The van der Waals surface area contributed by atoms with Crippen molar-refractivity contribution < 1.29 is 33.8 Å². The van der Waals surface area contributed by atoms with E-state index in [9.17, 15) is 24.0 Å². The average molecular weight is 493 g/mol. The van der Waals surface area contributed by atoms with Gasteiger partial charge in [0.25, 0.3) is 23.6 Å². The number of carbonyl (C=O) groups excluding carboxylic acids is 5. The molecule has 2 aromatic carbocycles. The van der Waals surface area contributed by atoms with Gasteiger partial charge in [-0.3, -0.25) is 29.0 Å². The number of amides is 4. The quantitative estimate of drug-likeness (QED) is 0.209. The van der Waals surface area contributed by atoms with E-state index in [1.54, 1.807) is 24.3 Å². The number of nitrogens with zero attached hydrogens (tertiary/aromatic N) is 2. The molecule has 2 heterocycles. The van der Waals surface area contributed by atoms with E-state index in [1.165, 1.54) is 9.80 Å². The van der Waals surface area contributed by atoms with Crippen molar-refractivity contribution in [2.24, 2.45) is 0 Å². The molecule has 4 amide bonds. The fourth-order valence-corrected chi connectivity index (χ4v) is 4.72. The van der Waals surface area contributed by atoms with Gasteiger partial charge in [-0.15, -0.1) is 0 Å². The zero-order valence-corrected chi connectivity index (χ0v) is 20.0. The molecule has 4 rings (SSSR count). The van der Waals surface area contributed by atoms with E-state index < -0.39 is 29.6 Å². The lowest BCUT2D eigenvalue weighted by atomic mass is 9.86. The van der Waals surface area contributed by atoms with Crippen molar-refractivity contribution in [3.05, 3.63) is 59.2 Å². The summed E-state index contributed by atoms with van der Waals surface area (Å²) in [5, 5.41) is 9.68. The SMILES string of the molecule is C=CC(=O)OCCCCCN1C(=O)c2ccc3c4c(ccc(c24)C1=O)C(=O)N(CCCCCO)C3=O. The largest absolute Gasteiger partial charge is 0.463 e. The van der Waals surface area contributed by atoms with Gasteiger partial charge >= 0.3 is 5.97 Å². The van der Waals surface area contributed by atoms with Crippen LogP contribution < -0.4 is 0 Å². The maximum Gasteiger partial charge on any atom is 0.330 e. The number of ether oxygens (including phenoxy) is 1. The van der Waals surface area contributed by atoms with Crippen LogP contribution in [-0.2, 0) is 9.53 Å². The normalized spacial score (nSPS) is 14.6. The lowest BCUT2D eigenvalue weighted by molar-refractivity contribution is -0.137. The van der Waals surface area contributed by atoms with Crippen LogP contribution in [0.15, 0.2) is 36.9 Å². The van der Waals surface area contributed by atoms with E-state index in [0.717, 1.165) is 6.08 Å². The number of aliphatic hydroxyl groups excluding tert-OH is 1. The van der Waals surface area contributed by atoms with Gasteiger partial charge in [0.15, 0.2) is 0 Å². The van der Waals surface area contributed by atoms with Crippen molar-refractivity contribution in [1.82, 2.24) is 9.80 Å². The highest BCUT2D eigenvalue weighted by Gasteiger charge is 2.39. The third kappa shape index (κ3) is 4.54. The minimum atomic E-state index is -0.491. The number of rotatable bonds is 12. The summed E-state index contributed by atoms with van der Waals surface area (Å²) < 4.78 is 4.93. The second-order valence-electron chi connectivity index (χ2n) is 8.81. The number of imide groups is 2. The number of unbranched alkanes of at least 4 members (excludes halogenated alkanes) is 4. The molecular formula is C27H28N2O7. The molecule has 0 spiro atoms. The van der Waals surface area contributed by atoms with Crippen LogP contribution in [-0.4, -0.2) is 70.8 Å². The maximum absolute atomic E-state index is 13.2. The van der Waals surface area contributed by atoms with Gasteiger partial charge in [-0.1, -0.05) is 6.58 Å². The molecule has 2 aliphatic heterocycles. The summed E-state index contributed by atoms with van der Waals surface area (Å²) in [7, 11) is 0. The van der Waals surface area contributed by atoms with Gasteiger partial charge in [0.1, 0.15) is 0 Å². The third-order valence-electron chi connectivity index (χ3n) is 6.54. The summed E-state index contributed by atoms with van der Waals surface area (Å²) in [6, 6.07) is 6.22. The molecule has 9 nitrogen and oxygen atoms in total. The summed E-state index contributed by atoms with van der Waals surface area (Å²) in [5.41, 5.74) is 1.19. The number of hydrogen-bond donors (Lipinski definition) is 1. The minimum Gasteiger partial charge on any atom is -0.463 e. The smallest absolute Gasteiger partial charge is 0.330 e. The maximum atomic E-state index is 13.2. The molecule has 0 fully saturated rings. The Morgan fingerprint density at radius 1 is 0.722 bits per heavy atom. The average Bonchev–Trinajstić information content (AvgIpc) is 2.88. The van der Waals surface area contributed by atoms with Gasteiger partial charge < -0.3 is 9.84 Å². The second kappa shape index (κ2) is 10.8. The van der Waals surface area contributed by atoms with Crippen molar-refractivity contribution in [2.45, 2.75) is 38.5 Å². The van der Waals surface area contributed by atoms with E-state index in [-0.39, 0.29) is 26.3 Å². The van der Waals surface area contributed by atoms with Crippen LogP contribution in [0.3, 0.4) is 0 Å². The molecule has 2 aliphatic rings. The Kier molecular flexibility index (Phi) is 7.59. The molecule has 0 saturated heterocycles. The Balaban J connectivity index is 1.54. The van der Waals surface area contributed by atoms with Gasteiger partial charge in [-0.25, -0.2) is 4.79 Å². The van der Waals surface area contributed by atoms with Crippen molar-refractivity contribution in [2.75, 3.05) is 26.3 Å². The molecule has 0 unspecified atom stereocenters. The highest BCUT2D eigenvalue weighted by atomic mass is 16.5. The lowest BCUT2D eigenvalue weighted by Gasteiger charge is -2.32. The van der Waals surface area contributed by atoms with Crippen LogP contribution in [0, 0.1) is 0 Å². The molecule has 2 aromatic rings. The zero-order valence-electron chi connectivity index (χ0n) is 20.0. The summed E-state index contributed by atoms with van der Waals surface area (Å²) in [5.74, 6) is -2.30. The molecule has 0 saturated carbocycles. The first-order valence-corrected chi connectivity index (χ1v) is 12.1. The van der Waals surface area contributed by atoms with Crippen molar-refractivity contribution in [3.8, 4) is 0 Å². The van der Waals surface area contributed by atoms with Gasteiger partial charge in [0.05, 0.1) is 6.61 Å². The van der Waals surface area contributed by atoms with E-state index in [1.807, 2.05) is 0 Å². The molecule has 1 N–H and O–H groups in total. The Bertz CT molecular complexity index is 1200. The molecular weight excluding hydrogens is 464 g/mol.